The highest BCUT2D eigenvalue weighted by Gasteiger charge is 2.13. The van der Waals surface area contributed by atoms with Crippen molar-refractivity contribution in [2.45, 2.75) is 6.92 Å². The van der Waals surface area contributed by atoms with Crippen molar-refractivity contribution in [3.8, 4) is 11.8 Å². The largest absolute Gasteiger partial charge is 0.294 e. The van der Waals surface area contributed by atoms with Crippen LogP contribution in [0.25, 0.3) is 0 Å². The second-order valence-electron chi connectivity index (χ2n) is 3.14. The molecular formula is C13H9OS. The lowest BCUT2D eigenvalue weighted by Gasteiger charge is -1.91. The minimum atomic E-state index is 0.0985. The highest BCUT2D eigenvalue weighted by atomic mass is 32.1. The summed E-state index contributed by atoms with van der Waals surface area (Å²) in [5.41, 5.74) is 0. The van der Waals surface area contributed by atoms with Crippen molar-refractivity contribution < 1.29 is 4.79 Å². The molecule has 2 rings (SSSR count). The zero-order valence-electron chi connectivity index (χ0n) is 8.28. The van der Waals surface area contributed by atoms with E-state index in [2.05, 4.69) is 11.8 Å². The molecule has 0 atom stereocenters. The Morgan fingerprint density at radius 1 is 1.20 bits per heavy atom. The third-order valence-electron chi connectivity index (χ3n) is 1.95. The summed E-state index contributed by atoms with van der Waals surface area (Å²) in [7, 11) is 0. The van der Waals surface area contributed by atoms with E-state index in [1.54, 1.807) is 6.92 Å². The molecule has 1 heterocycles. The number of thiophene rings is 1. The Morgan fingerprint density at radius 3 is 2.53 bits per heavy atom. The number of Topliss-reactive ketones (excluding diaryl/α,β-unsaturated/α-hetero) is 1. The maximum absolute atomic E-state index is 11.1. The molecule has 0 spiro atoms. The van der Waals surface area contributed by atoms with Crippen LogP contribution in [-0.4, -0.2) is 5.78 Å². The van der Waals surface area contributed by atoms with Gasteiger partial charge in [0.05, 0.1) is 15.7 Å². The van der Waals surface area contributed by atoms with E-state index < -0.39 is 0 Å². The molecular weight excluding hydrogens is 204 g/mol. The predicted octanol–water partition coefficient (Wildman–Crippen LogP) is 2.71. The number of carbonyl (C=O) groups excluding carboxylic acids is 1. The molecule has 0 aliphatic heterocycles. The summed E-state index contributed by atoms with van der Waals surface area (Å²) in [4.78, 5) is 12.8. The van der Waals surface area contributed by atoms with Crippen molar-refractivity contribution in [3.63, 3.8) is 0 Å². The Labute approximate surface area is 94.5 Å². The summed E-state index contributed by atoms with van der Waals surface area (Å²) < 4.78 is 0. The van der Waals surface area contributed by atoms with Gasteiger partial charge in [-0.1, -0.05) is 11.8 Å². The third-order valence-corrected chi connectivity index (χ3v) is 3.05. The maximum Gasteiger partial charge on any atom is 0.169 e. The van der Waals surface area contributed by atoms with Crippen LogP contribution in [0, 0.1) is 43.4 Å². The van der Waals surface area contributed by atoms with E-state index in [9.17, 15) is 4.79 Å². The fraction of sp³-hybridized carbons (Fsp3) is 0.0769. The maximum atomic E-state index is 11.1. The van der Waals surface area contributed by atoms with Gasteiger partial charge < -0.3 is 0 Å². The molecule has 1 aliphatic rings. The number of carbonyl (C=O) groups is 1. The molecule has 1 nitrogen and oxygen atoms in total. The normalized spacial score (nSPS) is 16.1. The number of hydrogen-bond donors (Lipinski definition) is 0. The molecule has 73 valence electrons. The van der Waals surface area contributed by atoms with E-state index in [1.165, 1.54) is 11.3 Å². The quantitative estimate of drug-likeness (QED) is 0.518. The van der Waals surface area contributed by atoms with Crippen LogP contribution in [0.15, 0.2) is 12.1 Å². The standard InChI is InChI=1S/C13H9OS/c1-10(14)13-9-8-12(15-13)7-6-11-4-2-3-5-11/h2-5,8-9H,1H3. The average molecular weight is 213 g/mol. The molecule has 1 saturated carbocycles. The summed E-state index contributed by atoms with van der Waals surface area (Å²) in [5.74, 6) is 7.19. The van der Waals surface area contributed by atoms with Gasteiger partial charge in [0, 0.05) is 0 Å². The Hall–Kier alpha value is -1.07. The van der Waals surface area contributed by atoms with E-state index >= 15 is 0 Å². The van der Waals surface area contributed by atoms with E-state index in [-0.39, 0.29) is 5.78 Å². The van der Waals surface area contributed by atoms with Crippen molar-refractivity contribution in [2.24, 2.45) is 0 Å². The minimum absolute atomic E-state index is 0.0985. The zero-order valence-corrected chi connectivity index (χ0v) is 9.10. The third kappa shape index (κ3) is 2.70. The van der Waals surface area contributed by atoms with Gasteiger partial charge in [0.1, 0.15) is 0 Å². The van der Waals surface area contributed by atoms with Crippen molar-refractivity contribution in [1.29, 1.82) is 0 Å². The van der Waals surface area contributed by atoms with Crippen molar-refractivity contribution in [3.05, 3.63) is 53.5 Å². The Balaban J connectivity index is 2.06. The van der Waals surface area contributed by atoms with Crippen molar-refractivity contribution >= 4 is 17.1 Å². The van der Waals surface area contributed by atoms with Gasteiger partial charge in [0.15, 0.2) is 5.78 Å². The van der Waals surface area contributed by atoms with Gasteiger partial charge in [-0.25, -0.2) is 0 Å². The average Bonchev–Trinajstić information content (AvgIpc) is 2.86. The summed E-state index contributed by atoms with van der Waals surface area (Å²) in [6, 6.07) is 3.71. The Kier molecular flexibility index (Phi) is 3.23. The van der Waals surface area contributed by atoms with Crippen LogP contribution in [0.3, 0.4) is 0 Å². The lowest BCUT2D eigenvalue weighted by Crippen LogP contribution is -1.84. The van der Waals surface area contributed by atoms with Crippen LogP contribution in [0.4, 0.5) is 0 Å². The van der Waals surface area contributed by atoms with Crippen LogP contribution < -0.4 is 0 Å². The molecule has 1 fully saturated rings. The molecule has 5 radical (unpaired) electrons. The Bertz CT molecular complexity index is 413. The van der Waals surface area contributed by atoms with Gasteiger partial charge >= 0.3 is 0 Å². The van der Waals surface area contributed by atoms with Gasteiger partial charge in [-0.05, 0) is 44.7 Å². The molecule has 0 aromatic carbocycles. The molecule has 0 saturated heterocycles. The van der Waals surface area contributed by atoms with E-state index in [1.807, 2.05) is 37.8 Å². The van der Waals surface area contributed by atoms with Crippen LogP contribution >= 0.6 is 11.3 Å². The Morgan fingerprint density at radius 2 is 1.93 bits per heavy atom. The highest BCUT2D eigenvalue weighted by molar-refractivity contribution is 7.14. The molecule has 0 bridgehead atoms. The monoisotopic (exact) mass is 213 g/mol. The van der Waals surface area contributed by atoms with Crippen LogP contribution in [0.1, 0.15) is 21.5 Å². The molecule has 0 amide bonds. The first kappa shape index (κ1) is 10.4. The molecule has 1 aliphatic carbocycles. The zero-order chi connectivity index (χ0) is 10.7. The van der Waals surface area contributed by atoms with Gasteiger partial charge in [-0.2, -0.15) is 0 Å². The summed E-state index contributed by atoms with van der Waals surface area (Å²) in [5, 5.41) is 0. The number of ketones is 1. The molecule has 2 heteroatoms. The van der Waals surface area contributed by atoms with Gasteiger partial charge in [0.2, 0.25) is 0 Å². The summed E-state index contributed by atoms with van der Waals surface area (Å²) in [6.07, 6.45) is 7.85. The SMILES string of the molecule is CC(=O)c1ccc(C#C[C]2[CH][CH][CH][CH]2)s1. The molecule has 0 unspecified atom stereocenters. The van der Waals surface area contributed by atoms with E-state index in [0.717, 1.165) is 15.7 Å². The molecule has 15 heavy (non-hydrogen) atoms. The van der Waals surface area contributed by atoms with E-state index in [0.29, 0.717) is 0 Å². The number of rotatable bonds is 1. The van der Waals surface area contributed by atoms with E-state index in [4.69, 9.17) is 0 Å². The smallest absolute Gasteiger partial charge is 0.169 e. The van der Waals surface area contributed by atoms with Crippen LogP contribution in [-0.2, 0) is 0 Å². The van der Waals surface area contributed by atoms with Gasteiger partial charge in [-0.15, -0.1) is 11.3 Å². The van der Waals surface area contributed by atoms with Gasteiger partial charge in [0.25, 0.3) is 0 Å². The highest BCUT2D eigenvalue weighted by Crippen LogP contribution is 2.22. The van der Waals surface area contributed by atoms with Crippen LogP contribution in [0.5, 0.6) is 0 Å². The summed E-state index contributed by atoms with van der Waals surface area (Å²) >= 11 is 1.44. The molecule has 1 aromatic rings. The first-order valence-electron chi connectivity index (χ1n) is 4.60. The lowest BCUT2D eigenvalue weighted by atomic mass is 10.1. The van der Waals surface area contributed by atoms with Gasteiger partial charge in [-0.3, -0.25) is 4.79 Å². The molecule has 1 aromatic heterocycles. The number of hydrogen-bond acceptors (Lipinski definition) is 2. The fourth-order valence-electron chi connectivity index (χ4n) is 1.19. The topological polar surface area (TPSA) is 17.1 Å². The molecule has 0 N–H and O–H groups in total. The first-order valence-corrected chi connectivity index (χ1v) is 5.42. The predicted molar refractivity (Wildman–Crippen MR) is 61.6 cm³/mol. The minimum Gasteiger partial charge on any atom is -0.294 e. The van der Waals surface area contributed by atoms with Crippen molar-refractivity contribution in [1.82, 2.24) is 0 Å². The first-order chi connectivity index (χ1) is 7.25. The van der Waals surface area contributed by atoms with Crippen LogP contribution in [0.2, 0.25) is 0 Å². The second-order valence-corrected chi connectivity index (χ2v) is 4.23. The second kappa shape index (κ2) is 4.63. The summed E-state index contributed by atoms with van der Waals surface area (Å²) in [6.45, 7) is 1.57. The van der Waals surface area contributed by atoms with Crippen molar-refractivity contribution in [2.75, 3.05) is 0 Å². The fourth-order valence-corrected chi connectivity index (χ4v) is 1.94. The lowest BCUT2D eigenvalue weighted by molar-refractivity contribution is 0.102.